The van der Waals surface area contributed by atoms with Gasteiger partial charge in [-0.25, -0.2) is 4.79 Å². The Balaban J connectivity index is 2.09. The highest BCUT2D eigenvalue weighted by molar-refractivity contribution is 5.89. The number of ether oxygens (including phenoxy) is 1. The van der Waals surface area contributed by atoms with Gasteiger partial charge in [0.2, 0.25) is 0 Å². The van der Waals surface area contributed by atoms with Crippen LogP contribution in [0.5, 0.6) is 0 Å². The number of carbonyl (C=O) groups excluding carboxylic acids is 1. The summed E-state index contributed by atoms with van der Waals surface area (Å²) in [5.41, 5.74) is 2.68. The molecule has 1 aromatic carbocycles. The Kier molecular flexibility index (Phi) is 5.06. The number of hydrogen-bond acceptors (Lipinski definition) is 4. The van der Waals surface area contributed by atoms with Gasteiger partial charge in [0.25, 0.3) is 0 Å². The first-order valence-electron chi connectivity index (χ1n) is 6.90. The van der Waals surface area contributed by atoms with Crippen LogP contribution in [0.25, 0.3) is 0 Å². The van der Waals surface area contributed by atoms with Crippen LogP contribution in [0, 0.1) is 0 Å². The van der Waals surface area contributed by atoms with Crippen LogP contribution < -0.4 is 0 Å². The predicted molar refractivity (Wildman–Crippen MR) is 81.9 cm³/mol. The van der Waals surface area contributed by atoms with Crippen molar-refractivity contribution in [3.05, 3.63) is 65.5 Å². The average Bonchev–Trinajstić information content (AvgIpc) is 2.54. The summed E-state index contributed by atoms with van der Waals surface area (Å²) in [5, 5.41) is 0. The normalized spacial score (nSPS) is 12.2. The largest absolute Gasteiger partial charge is 0.465 e. The first-order valence-corrected chi connectivity index (χ1v) is 6.90. The molecule has 110 valence electrons. The van der Waals surface area contributed by atoms with E-state index >= 15 is 0 Å². The molecule has 0 aliphatic rings. The molecule has 0 unspecified atom stereocenters. The number of aromatic nitrogens is 1. The molecule has 2 aromatic rings. The van der Waals surface area contributed by atoms with Gasteiger partial charge >= 0.3 is 5.97 Å². The lowest BCUT2D eigenvalue weighted by molar-refractivity contribution is 0.0600. The van der Waals surface area contributed by atoms with Crippen molar-refractivity contribution in [2.45, 2.75) is 19.5 Å². The molecule has 0 aliphatic heterocycles. The molecule has 0 spiro atoms. The summed E-state index contributed by atoms with van der Waals surface area (Å²) < 4.78 is 4.75. The third-order valence-corrected chi connectivity index (χ3v) is 3.56. The number of rotatable bonds is 5. The van der Waals surface area contributed by atoms with Gasteiger partial charge in [0.15, 0.2) is 0 Å². The zero-order valence-electron chi connectivity index (χ0n) is 12.6. The molecule has 0 aliphatic carbocycles. The number of carbonyl (C=O) groups is 1. The van der Waals surface area contributed by atoms with Crippen LogP contribution in [0.2, 0.25) is 0 Å². The Hall–Kier alpha value is -2.20. The highest BCUT2D eigenvalue weighted by Gasteiger charge is 2.13. The number of methoxy groups -OCH3 is 1. The molecular formula is C17H20N2O2. The van der Waals surface area contributed by atoms with Crippen LogP contribution in [0.3, 0.4) is 0 Å². The summed E-state index contributed by atoms with van der Waals surface area (Å²) in [7, 11) is 3.44. The number of hydrogen-bond donors (Lipinski definition) is 0. The number of esters is 1. The van der Waals surface area contributed by atoms with E-state index in [1.54, 1.807) is 12.3 Å². The minimum atomic E-state index is -0.308. The molecule has 0 amide bonds. The smallest absolute Gasteiger partial charge is 0.337 e. The molecule has 2 rings (SSSR count). The van der Waals surface area contributed by atoms with E-state index in [9.17, 15) is 4.79 Å². The monoisotopic (exact) mass is 284 g/mol. The third-order valence-electron chi connectivity index (χ3n) is 3.56. The molecule has 21 heavy (non-hydrogen) atoms. The van der Waals surface area contributed by atoms with Crippen LogP contribution in [0.1, 0.15) is 34.6 Å². The van der Waals surface area contributed by atoms with Gasteiger partial charge in [0.1, 0.15) is 0 Å². The Morgan fingerprint density at radius 2 is 2.10 bits per heavy atom. The van der Waals surface area contributed by atoms with Crippen LogP contribution in [-0.2, 0) is 11.3 Å². The summed E-state index contributed by atoms with van der Waals surface area (Å²) in [4.78, 5) is 18.1. The lowest BCUT2D eigenvalue weighted by atomic mass is 10.1. The highest BCUT2D eigenvalue weighted by atomic mass is 16.5. The van der Waals surface area contributed by atoms with E-state index in [1.807, 2.05) is 43.4 Å². The van der Waals surface area contributed by atoms with Gasteiger partial charge in [0, 0.05) is 18.8 Å². The van der Waals surface area contributed by atoms with E-state index in [4.69, 9.17) is 4.74 Å². The third kappa shape index (κ3) is 3.89. The van der Waals surface area contributed by atoms with E-state index < -0.39 is 0 Å². The fourth-order valence-corrected chi connectivity index (χ4v) is 2.19. The van der Waals surface area contributed by atoms with Crippen molar-refractivity contribution in [1.29, 1.82) is 0 Å². The van der Waals surface area contributed by atoms with Gasteiger partial charge in [-0.2, -0.15) is 0 Å². The van der Waals surface area contributed by atoms with Crippen molar-refractivity contribution in [3.8, 4) is 0 Å². The van der Waals surface area contributed by atoms with Gasteiger partial charge in [0.05, 0.1) is 18.4 Å². The second kappa shape index (κ2) is 6.99. The Bertz CT molecular complexity index is 599. The first kappa shape index (κ1) is 15.2. The van der Waals surface area contributed by atoms with E-state index in [-0.39, 0.29) is 12.0 Å². The SMILES string of the molecule is COC(=O)c1cccc(CN(C)[C@H](C)c2ccccn2)c1. The second-order valence-corrected chi connectivity index (χ2v) is 5.04. The van der Waals surface area contributed by atoms with Crippen molar-refractivity contribution in [2.24, 2.45) is 0 Å². The maximum Gasteiger partial charge on any atom is 0.337 e. The standard InChI is InChI=1S/C17H20N2O2/c1-13(16-9-4-5-10-18-16)19(2)12-14-7-6-8-15(11-14)17(20)21-3/h4-11,13H,12H2,1-3H3/t13-/m1/s1. The molecule has 4 nitrogen and oxygen atoms in total. The van der Waals surface area contributed by atoms with Crippen molar-refractivity contribution in [3.63, 3.8) is 0 Å². The van der Waals surface area contributed by atoms with Gasteiger partial charge < -0.3 is 4.74 Å². The molecule has 1 atom stereocenters. The van der Waals surface area contributed by atoms with Gasteiger partial charge in [-0.05, 0) is 43.8 Å². The predicted octanol–water partition coefficient (Wildman–Crippen LogP) is 3.06. The lowest BCUT2D eigenvalue weighted by Crippen LogP contribution is -2.22. The van der Waals surface area contributed by atoms with Crippen molar-refractivity contribution >= 4 is 5.97 Å². The molecule has 0 radical (unpaired) electrons. The second-order valence-electron chi connectivity index (χ2n) is 5.04. The molecule has 1 heterocycles. The highest BCUT2D eigenvalue weighted by Crippen LogP contribution is 2.19. The number of benzene rings is 1. The Morgan fingerprint density at radius 3 is 2.76 bits per heavy atom. The first-order chi connectivity index (χ1) is 10.1. The average molecular weight is 284 g/mol. The van der Waals surface area contributed by atoms with Gasteiger partial charge in [-0.15, -0.1) is 0 Å². The molecule has 0 N–H and O–H groups in total. The molecule has 0 saturated heterocycles. The van der Waals surface area contributed by atoms with E-state index in [0.29, 0.717) is 5.56 Å². The Morgan fingerprint density at radius 1 is 1.29 bits per heavy atom. The van der Waals surface area contributed by atoms with Crippen molar-refractivity contribution < 1.29 is 9.53 Å². The molecule has 1 aromatic heterocycles. The van der Waals surface area contributed by atoms with Crippen molar-refractivity contribution in [1.82, 2.24) is 9.88 Å². The minimum Gasteiger partial charge on any atom is -0.465 e. The number of pyridine rings is 1. The quantitative estimate of drug-likeness (QED) is 0.791. The molecule has 0 fully saturated rings. The molecule has 0 bridgehead atoms. The maximum absolute atomic E-state index is 11.6. The fraction of sp³-hybridized carbons (Fsp3) is 0.294. The fourth-order valence-electron chi connectivity index (χ4n) is 2.19. The van der Waals surface area contributed by atoms with E-state index in [2.05, 4.69) is 16.8 Å². The summed E-state index contributed by atoms with van der Waals surface area (Å²) in [6.45, 7) is 2.86. The van der Waals surface area contributed by atoms with Crippen LogP contribution in [0.4, 0.5) is 0 Å². The van der Waals surface area contributed by atoms with Crippen LogP contribution in [-0.4, -0.2) is 30.0 Å². The lowest BCUT2D eigenvalue weighted by Gasteiger charge is -2.24. The molecular weight excluding hydrogens is 264 g/mol. The Labute approximate surface area is 125 Å². The van der Waals surface area contributed by atoms with Crippen LogP contribution in [0.15, 0.2) is 48.7 Å². The minimum absolute atomic E-state index is 0.202. The van der Waals surface area contributed by atoms with E-state index in [1.165, 1.54) is 7.11 Å². The summed E-state index contributed by atoms with van der Waals surface area (Å²) in [5.74, 6) is -0.308. The summed E-state index contributed by atoms with van der Waals surface area (Å²) >= 11 is 0. The molecule has 0 saturated carbocycles. The zero-order valence-corrected chi connectivity index (χ0v) is 12.6. The molecule has 4 heteroatoms. The zero-order chi connectivity index (χ0) is 15.2. The van der Waals surface area contributed by atoms with Gasteiger partial charge in [-0.1, -0.05) is 18.2 Å². The van der Waals surface area contributed by atoms with Gasteiger partial charge in [-0.3, -0.25) is 9.88 Å². The number of nitrogens with zero attached hydrogens (tertiary/aromatic N) is 2. The maximum atomic E-state index is 11.6. The summed E-state index contributed by atoms with van der Waals surface area (Å²) in [6, 6.07) is 13.6. The van der Waals surface area contributed by atoms with E-state index in [0.717, 1.165) is 17.8 Å². The summed E-state index contributed by atoms with van der Waals surface area (Å²) in [6.07, 6.45) is 1.80. The topological polar surface area (TPSA) is 42.4 Å². The van der Waals surface area contributed by atoms with Crippen molar-refractivity contribution in [2.75, 3.05) is 14.2 Å². The van der Waals surface area contributed by atoms with Crippen LogP contribution >= 0.6 is 0 Å².